The molecule has 3 rings (SSSR count). The standard InChI is InChI=1S/C35H51NO4/c37-26-18-10-6-4-8-12-20-28-39-27-19-11-7-3-1-2-5-9-17-25-36-35(38)40-29-34-32-23-15-13-21-30(32)31-22-14-16-24-33(31)34/h13-16,21-24,26,34H,1-12,17-20,25,27-29H2,(H,36,38). The highest BCUT2D eigenvalue weighted by atomic mass is 16.5. The number of rotatable bonds is 23. The van der Waals surface area contributed by atoms with E-state index in [1.54, 1.807) is 0 Å². The van der Waals surface area contributed by atoms with Gasteiger partial charge < -0.3 is 19.6 Å². The summed E-state index contributed by atoms with van der Waals surface area (Å²) in [5.74, 6) is 0.109. The summed E-state index contributed by atoms with van der Waals surface area (Å²) in [7, 11) is 0. The first-order valence-corrected chi connectivity index (χ1v) is 15.9. The Bertz CT molecular complexity index is 930. The molecule has 0 saturated heterocycles. The van der Waals surface area contributed by atoms with Crippen molar-refractivity contribution in [3.8, 4) is 11.1 Å². The third-order valence-electron chi connectivity index (χ3n) is 7.94. The van der Waals surface area contributed by atoms with Crippen LogP contribution in [0.2, 0.25) is 0 Å². The molecule has 0 spiro atoms. The maximum atomic E-state index is 12.3. The molecule has 0 unspecified atom stereocenters. The number of amides is 1. The molecule has 0 saturated carbocycles. The van der Waals surface area contributed by atoms with E-state index in [2.05, 4.69) is 53.8 Å². The number of carbonyl (C=O) groups excluding carboxylic acids is 2. The second kappa shape index (κ2) is 20.3. The van der Waals surface area contributed by atoms with Crippen LogP contribution in [0.15, 0.2) is 48.5 Å². The van der Waals surface area contributed by atoms with Crippen LogP contribution in [-0.4, -0.2) is 38.7 Å². The Kier molecular flexibility index (Phi) is 16.1. The van der Waals surface area contributed by atoms with E-state index in [9.17, 15) is 9.59 Å². The van der Waals surface area contributed by atoms with Crippen LogP contribution in [0.5, 0.6) is 0 Å². The van der Waals surface area contributed by atoms with Gasteiger partial charge in [0, 0.05) is 32.1 Å². The lowest BCUT2D eigenvalue weighted by molar-refractivity contribution is -0.107. The number of nitrogens with one attached hydrogen (secondary N) is 1. The van der Waals surface area contributed by atoms with Gasteiger partial charge in [-0.25, -0.2) is 4.79 Å². The zero-order chi connectivity index (χ0) is 28.1. The number of hydrogen-bond acceptors (Lipinski definition) is 4. The summed E-state index contributed by atoms with van der Waals surface area (Å²) in [6, 6.07) is 16.8. The number of hydrogen-bond donors (Lipinski definition) is 1. The van der Waals surface area contributed by atoms with Gasteiger partial charge in [-0.05, 0) is 47.9 Å². The molecule has 0 atom stereocenters. The molecule has 5 heteroatoms. The predicted octanol–water partition coefficient (Wildman–Crippen LogP) is 8.98. The van der Waals surface area contributed by atoms with Crippen molar-refractivity contribution in [1.82, 2.24) is 5.32 Å². The van der Waals surface area contributed by atoms with Crippen molar-refractivity contribution in [3.63, 3.8) is 0 Å². The monoisotopic (exact) mass is 549 g/mol. The zero-order valence-corrected chi connectivity index (χ0v) is 24.5. The van der Waals surface area contributed by atoms with Crippen molar-refractivity contribution >= 4 is 12.4 Å². The van der Waals surface area contributed by atoms with Crippen LogP contribution in [0.1, 0.15) is 120 Å². The van der Waals surface area contributed by atoms with E-state index in [1.807, 2.05) is 0 Å². The number of alkyl carbamates (subject to hydrolysis) is 1. The first kappa shape index (κ1) is 31.9. The van der Waals surface area contributed by atoms with Crippen LogP contribution in [0.3, 0.4) is 0 Å². The van der Waals surface area contributed by atoms with Crippen LogP contribution in [0.4, 0.5) is 4.79 Å². The van der Waals surface area contributed by atoms with Gasteiger partial charge in [-0.1, -0.05) is 119 Å². The third kappa shape index (κ3) is 11.8. The number of benzene rings is 2. The van der Waals surface area contributed by atoms with Crippen LogP contribution in [0.25, 0.3) is 11.1 Å². The summed E-state index contributed by atoms with van der Waals surface area (Å²) in [5.41, 5.74) is 4.98. The molecule has 2 aromatic carbocycles. The smallest absolute Gasteiger partial charge is 0.407 e. The van der Waals surface area contributed by atoms with Crippen molar-refractivity contribution < 1.29 is 19.1 Å². The molecule has 1 aliphatic carbocycles. The van der Waals surface area contributed by atoms with E-state index >= 15 is 0 Å². The molecule has 40 heavy (non-hydrogen) atoms. The summed E-state index contributed by atoms with van der Waals surface area (Å²) >= 11 is 0. The fourth-order valence-corrected chi connectivity index (χ4v) is 5.65. The highest BCUT2D eigenvalue weighted by Gasteiger charge is 2.28. The molecule has 1 aliphatic rings. The van der Waals surface area contributed by atoms with Crippen molar-refractivity contribution in [2.75, 3.05) is 26.4 Å². The Hall–Kier alpha value is -2.66. The number of ether oxygens (including phenoxy) is 2. The topological polar surface area (TPSA) is 64.6 Å². The minimum atomic E-state index is -0.312. The maximum Gasteiger partial charge on any atom is 0.407 e. The van der Waals surface area contributed by atoms with Gasteiger partial charge >= 0.3 is 6.09 Å². The van der Waals surface area contributed by atoms with Crippen LogP contribution in [0, 0.1) is 0 Å². The molecule has 0 bridgehead atoms. The Morgan fingerprint density at radius 1 is 0.650 bits per heavy atom. The average Bonchev–Trinajstić information content (AvgIpc) is 3.30. The Morgan fingerprint density at radius 2 is 1.12 bits per heavy atom. The molecule has 0 fully saturated rings. The lowest BCUT2D eigenvalue weighted by Gasteiger charge is -2.14. The van der Waals surface area contributed by atoms with Crippen molar-refractivity contribution in [2.24, 2.45) is 0 Å². The highest BCUT2D eigenvalue weighted by molar-refractivity contribution is 5.79. The maximum absolute atomic E-state index is 12.3. The fourth-order valence-electron chi connectivity index (χ4n) is 5.65. The van der Waals surface area contributed by atoms with Gasteiger partial charge in [-0.3, -0.25) is 0 Å². The van der Waals surface area contributed by atoms with Crippen LogP contribution >= 0.6 is 0 Å². The highest BCUT2D eigenvalue weighted by Crippen LogP contribution is 2.44. The zero-order valence-electron chi connectivity index (χ0n) is 24.5. The van der Waals surface area contributed by atoms with Crippen LogP contribution in [-0.2, 0) is 14.3 Å². The molecule has 0 heterocycles. The lowest BCUT2D eigenvalue weighted by Crippen LogP contribution is -2.27. The average molecular weight is 550 g/mol. The first-order chi connectivity index (χ1) is 19.8. The number of fused-ring (bicyclic) bond motifs is 3. The van der Waals surface area contributed by atoms with Gasteiger partial charge in [-0.15, -0.1) is 0 Å². The SMILES string of the molecule is O=CCCCCCCCCOCCCCCCCCCCCNC(=O)OCC1c2ccccc2-c2ccccc21. The number of carbonyl (C=O) groups is 2. The summed E-state index contributed by atoms with van der Waals surface area (Å²) in [5, 5.41) is 2.93. The Balaban J connectivity index is 1.07. The van der Waals surface area contributed by atoms with Gasteiger partial charge in [0.05, 0.1) is 0 Å². The molecule has 1 N–H and O–H groups in total. The fraction of sp³-hybridized carbons (Fsp3) is 0.600. The molecule has 0 aromatic heterocycles. The number of aldehydes is 1. The van der Waals surface area contributed by atoms with Gasteiger partial charge in [0.2, 0.25) is 0 Å². The van der Waals surface area contributed by atoms with Crippen molar-refractivity contribution in [2.45, 2.75) is 109 Å². The largest absolute Gasteiger partial charge is 0.449 e. The normalized spacial score (nSPS) is 12.2. The summed E-state index contributed by atoms with van der Waals surface area (Å²) in [6.45, 7) is 2.84. The quantitative estimate of drug-likeness (QED) is 0.111. The van der Waals surface area contributed by atoms with Crippen molar-refractivity contribution in [1.29, 1.82) is 0 Å². The molecule has 0 radical (unpaired) electrons. The Morgan fingerprint density at radius 3 is 1.68 bits per heavy atom. The van der Waals surface area contributed by atoms with Crippen molar-refractivity contribution in [3.05, 3.63) is 59.7 Å². The van der Waals surface area contributed by atoms with E-state index in [-0.39, 0.29) is 12.0 Å². The molecular formula is C35H51NO4. The van der Waals surface area contributed by atoms with Gasteiger partial charge in [0.15, 0.2) is 0 Å². The van der Waals surface area contributed by atoms with Gasteiger partial charge in [0.25, 0.3) is 0 Å². The van der Waals surface area contributed by atoms with E-state index in [0.29, 0.717) is 19.6 Å². The second-order valence-electron chi connectivity index (χ2n) is 11.1. The van der Waals surface area contributed by atoms with Gasteiger partial charge in [-0.2, -0.15) is 0 Å². The third-order valence-corrected chi connectivity index (χ3v) is 7.94. The minimum absolute atomic E-state index is 0.109. The van der Waals surface area contributed by atoms with Gasteiger partial charge in [0.1, 0.15) is 12.9 Å². The van der Waals surface area contributed by atoms with E-state index < -0.39 is 0 Å². The number of unbranched alkanes of at least 4 members (excludes halogenated alkanes) is 14. The summed E-state index contributed by atoms with van der Waals surface area (Å²) < 4.78 is 11.4. The molecule has 1 amide bonds. The molecule has 220 valence electrons. The van der Waals surface area contributed by atoms with E-state index in [0.717, 1.165) is 45.2 Å². The molecule has 2 aromatic rings. The predicted molar refractivity (Wildman–Crippen MR) is 164 cm³/mol. The molecule has 5 nitrogen and oxygen atoms in total. The minimum Gasteiger partial charge on any atom is -0.449 e. The summed E-state index contributed by atoms with van der Waals surface area (Å²) in [4.78, 5) is 22.5. The van der Waals surface area contributed by atoms with E-state index in [4.69, 9.17) is 9.47 Å². The Labute approximate surface area is 242 Å². The van der Waals surface area contributed by atoms with E-state index in [1.165, 1.54) is 92.9 Å². The molecular weight excluding hydrogens is 498 g/mol. The first-order valence-electron chi connectivity index (χ1n) is 15.9. The second-order valence-corrected chi connectivity index (χ2v) is 11.1. The summed E-state index contributed by atoms with van der Waals surface area (Å²) in [6.07, 6.45) is 19.6. The lowest BCUT2D eigenvalue weighted by atomic mass is 9.98. The van der Waals surface area contributed by atoms with Crippen LogP contribution < -0.4 is 5.32 Å². The molecule has 0 aliphatic heterocycles.